The number of imide groups is 2. The van der Waals surface area contributed by atoms with E-state index in [1.54, 1.807) is 34.8 Å². The van der Waals surface area contributed by atoms with E-state index >= 15 is 0 Å². The molecule has 0 fully saturated rings. The average Bonchev–Trinajstić information content (AvgIpc) is 3.41. The van der Waals surface area contributed by atoms with Crippen LogP contribution in [0, 0.1) is 13.8 Å². The van der Waals surface area contributed by atoms with Crippen LogP contribution in [0.2, 0.25) is 0 Å². The van der Waals surface area contributed by atoms with Crippen LogP contribution in [0.5, 0.6) is 0 Å². The number of fused-ring (bicyclic) bond motifs is 2. The number of halogens is 3. The summed E-state index contributed by atoms with van der Waals surface area (Å²) in [7, 11) is 2.96. The predicted octanol–water partition coefficient (Wildman–Crippen LogP) is -0.434. The van der Waals surface area contributed by atoms with Crippen molar-refractivity contribution in [1.82, 2.24) is 9.80 Å². The summed E-state index contributed by atoms with van der Waals surface area (Å²) in [5.74, 6) is -0.916. The number of rotatable bonds is 0. The molecule has 0 radical (unpaired) electrons. The van der Waals surface area contributed by atoms with Crippen LogP contribution in [-0.4, -0.2) is 47.5 Å². The molecule has 34 heavy (non-hydrogen) atoms. The van der Waals surface area contributed by atoms with E-state index in [1.165, 1.54) is 40.5 Å². The van der Waals surface area contributed by atoms with E-state index in [9.17, 15) is 19.2 Å². The van der Waals surface area contributed by atoms with Gasteiger partial charge in [0, 0.05) is 35.8 Å². The minimum absolute atomic E-state index is 0. The van der Waals surface area contributed by atoms with Gasteiger partial charge in [-0.2, -0.15) is 0 Å². The summed E-state index contributed by atoms with van der Waals surface area (Å²) in [4.78, 5) is 47.9. The molecule has 12 heteroatoms. The molecular weight excluding hydrogens is 746 g/mol. The second-order valence-electron chi connectivity index (χ2n) is 7.01. The Labute approximate surface area is 281 Å². The van der Waals surface area contributed by atoms with Crippen molar-refractivity contribution in [2.75, 3.05) is 14.1 Å². The van der Waals surface area contributed by atoms with Crippen molar-refractivity contribution >= 4 is 88.2 Å². The normalized spacial score (nSPS) is 13.7. The molecule has 0 atom stereocenters. The molecular formula is C22H18Br2IKN2O4S2. The van der Waals surface area contributed by atoms with Gasteiger partial charge in [0.15, 0.2) is 0 Å². The Morgan fingerprint density at radius 1 is 0.735 bits per heavy atom. The maximum absolute atomic E-state index is 11.8. The summed E-state index contributed by atoms with van der Waals surface area (Å²) in [6, 6.07) is 7.68. The van der Waals surface area contributed by atoms with Crippen molar-refractivity contribution in [2.24, 2.45) is 0 Å². The first-order valence-electron chi connectivity index (χ1n) is 9.27. The Hall–Kier alpha value is 0.226. The van der Waals surface area contributed by atoms with Crippen LogP contribution < -0.4 is 75.4 Å². The largest absolute Gasteiger partial charge is 1.00 e. The topological polar surface area (TPSA) is 74.8 Å². The van der Waals surface area contributed by atoms with Crippen LogP contribution in [0.15, 0.2) is 44.0 Å². The molecule has 3 aromatic rings. The van der Waals surface area contributed by atoms with Gasteiger partial charge in [-0.3, -0.25) is 29.0 Å². The quantitative estimate of drug-likeness (QED) is 0.177. The minimum atomic E-state index is -0.241. The third kappa shape index (κ3) is 7.39. The van der Waals surface area contributed by atoms with Gasteiger partial charge in [0.2, 0.25) is 0 Å². The van der Waals surface area contributed by atoms with Gasteiger partial charge >= 0.3 is 51.4 Å². The molecule has 0 saturated heterocycles. The third-order valence-electron chi connectivity index (χ3n) is 4.86. The van der Waals surface area contributed by atoms with Crippen LogP contribution in [0.1, 0.15) is 31.2 Å². The average molecular weight is 764 g/mol. The number of nitrogens with zero attached hydrogens (tertiary/aromatic N) is 2. The Morgan fingerprint density at radius 3 is 1.62 bits per heavy atom. The van der Waals surface area contributed by atoms with E-state index in [0.717, 1.165) is 23.7 Å². The second kappa shape index (κ2) is 13.7. The number of carbonyl (C=O) groups excluding carboxylic acids is 4. The number of amides is 4. The Balaban J connectivity index is 0.000000275. The third-order valence-corrected chi connectivity index (χ3v) is 8.12. The molecule has 0 spiro atoms. The molecule has 0 aliphatic carbocycles. The zero-order chi connectivity index (χ0) is 23.7. The molecule has 4 amide bonds. The first-order chi connectivity index (χ1) is 15.0. The fourth-order valence-electron chi connectivity index (χ4n) is 2.86. The van der Waals surface area contributed by atoms with E-state index in [4.69, 9.17) is 0 Å². The molecule has 1 aromatic carbocycles. The summed E-state index contributed by atoms with van der Waals surface area (Å²) in [5, 5.41) is 0.993. The van der Waals surface area contributed by atoms with E-state index < -0.39 is 0 Å². The van der Waals surface area contributed by atoms with Crippen molar-refractivity contribution < 1.29 is 94.5 Å². The molecule has 2 aromatic heterocycles. The molecule has 4 heterocycles. The van der Waals surface area contributed by atoms with E-state index in [2.05, 4.69) is 51.8 Å². The van der Waals surface area contributed by atoms with Gasteiger partial charge in [-0.25, -0.2) is 0 Å². The molecule has 0 unspecified atom stereocenters. The molecule has 5 rings (SSSR count). The summed E-state index contributed by atoms with van der Waals surface area (Å²) in [6.45, 7) is 4.25. The first-order valence-corrected chi connectivity index (χ1v) is 12.5. The van der Waals surface area contributed by atoms with Crippen molar-refractivity contribution in [3.63, 3.8) is 0 Å². The number of benzene rings is 1. The summed E-state index contributed by atoms with van der Waals surface area (Å²) < 4.78 is 3.24. The fraction of sp³-hybridized carbons (Fsp3) is 0.182. The van der Waals surface area contributed by atoms with E-state index in [-0.39, 0.29) is 99.0 Å². The number of hydrogen-bond donors (Lipinski definition) is 0. The smallest absolute Gasteiger partial charge is 1.00 e. The zero-order valence-electron chi connectivity index (χ0n) is 18.9. The Morgan fingerprint density at radius 2 is 1.24 bits per heavy atom. The van der Waals surface area contributed by atoms with Crippen molar-refractivity contribution in [2.45, 2.75) is 13.8 Å². The maximum atomic E-state index is 11.8. The Kier molecular flexibility index (Phi) is 13.0. The van der Waals surface area contributed by atoms with Crippen LogP contribution in [-0.2, 0) is 9.59 Å². The van der Waals surface area contributed by atoms with Crippen molar-refractivity contribution in [3.05, 3.63) is 65.6 Å². The van der Waals surface area contributed by atoms with E-state index in [0.29, 0.717) is 11.1 Å². The molecule has 174 valence electrons. The summed E-state index contributed by atoms with van der Waals surface area (Å²) in [6.07, 6.45) is 2.50. The van der Waals surface area contributed by atoms with Gasteiger partial charge < -0.3 is 24.0 Å². The second-order valence-corrected chi connectivity index (χ2v) is 12.1. The summed E-state index contributed by atoms with van der Waals surface area (Å²) in [5.41, 5.74) is 2.39. The number of carbonyl (C=O) groups is 4. The van der Waals surface area contributed by atoms with Gasteiger partial charge in [0.1, 0.15) is 0 Å². The molecule has 0 saturated carbocycles. The predicted molar refractivity (Wildman–Crippen MR) is 134 cm³/mol. The maximum Gasteiger partial charge on any atom is 1.00 e. The number of hydrogen-bond acceptors (Lipinski definition) is 6. The van der Waals surface area contributed by atoms with Crippen LogP contribution in [0.25, 0.3) is 10.1 Å². The number of likely N-dealkylation sites (N-methyl/N-ethyl adjacent to an activating group) is 1. The number of aryl methyl sites for hydroxylation is 2. The number of thiophene rings is 2. The monoisotopic (exact) mass is 762 g/mol. The SMILES string of the molecule is CN1C(=O)C=CC1=O.CN1C(=O)c2cc3cc(Br)sc3cc2C1=O.Cc1cc(Br)sc1C.[I-].[K+]. The van der Waals surface area contributed by atoms with Crippen LogP contribution in [0.3, 0.4) is 0 Å². The van der Waals surface area contributed by atoms with Gasteiger partial charge in [-0.15, -0.1) is 22.7 Å². The first kappa shape index (κ1) is 32.3. The van der Waals surface area contributed by atoms with Crippen molar-refractivity contribution in [3.8, 4) is 0 Å². The van der Waals surface area contributed by atoms with Crippen LogP contribution in [0.4, 0.5) is 0 Å². The van der Waals surface area contributed by atoms with Gasteiger partial charge in [0.25, 0.3) is 23.6 Å². The molecule has 2 aliphatic rings. The molecule has 2 aliphatic heterocycles. The van der Waals surface area contributed by atoms with Crippen molar-refractivity contribution in [1.29, 1.82) is 0 Å². The fourth-order valence-corrected chi connectivity index (χ4v) is 6.26. The van der Waals surface area contributed by atoms with E-state index in [1.807, 2.05) is 6.07 Å². The summed E-state index contributed by atoms with van der Waals surface area (Å²) >= 11 is 10.1. The molecule has 6 nitrogen and oxygen atoms in total. The van der Waals surface area contributed by atoms with Gasteiger partial charge in [0.05, 0.1) is 18.7 Å². The minimum Gasteiger partial charge on any atom is -1.00 e. The molecule has 0 N–H and O–H groups in total. The van der Waals surface area contributed by atoms with Crippen LogP contribution >= 0.6 is 54.5 Å². The Bertz CT molecular complexity index is 1220. The molecule has 0 bridgehead atoms. The zero-order valence-corrected chi connectivity index (χ0v) is 29.0. The van der Waals surface area contributed by atoms with Gasteiger partial charge in [-0.1, -0.05) is 0 Å². The van der Waals surface area contributed by atoms with Gasteiger partial charge in [-0.05, 0) is 80.9 Å². The standard InChI is InChI=1S/C11H6BrNO2S.C6H7BrS.C5H5NO2.HI.K/c1-13-10(14)6-2-5-3-9(12)16-8(5)4-7(6)11(13)15;1-4-3-6(7)8-5(4)2;1-6-4(7)2-3-5(6)8;;/h2-4H,1H3;3H,1-2H3;2-3H,1H3;1H;/q;;;;+1/p-1.